The monoisotopic (exact) mass is 350 g/mol. The number of rotatable bonds is 1. The van der Waals surface area contributed by atoms with Crippen molar-refractivity contribution < 1.29 is 13.9 Å². The molecule has 1 saturated carbocycles. The molecule has 132 valence electrons. The summed E-state index contributed by atoms with van der Waals surface area (Å²) < 4.78 is 17.6. The minimum Gasteiger partial charge on any atom is -0.466 e. The molecule has 2 saturated heterocycles. The highest BCUT2D eigenvalue weighted by atomic mass is 16.7. The molecule has 7 nitrogen and oxygen atoms in total. The van der Waals surface area contributed by atoms with E-state index < -0.39 is 28.6 Å². The van der Waals surface area contributed by atoms with Crippen LogP contribution in [-0.4, -0.2) is 11.7 Å². The molecule has 0 amide bonds. The highest BCUT2D eigenvalue weighted by Gasteiger charge is 2.80. The third-order valence-electron chi connectivity index (χ3n) is 6.12. The molecule has 4 unspecified atom stereocenters. The SMILES string of the molecule is N#CC1(C#N)C(c2ccco2)OC23CCCCCCC2C1(C#N)C(=N)O3. The predicted molar refractivity (Wildman–Crippen MR) is 87.0 cm³/mol. The van der Waals surface area contributed by atoms with Crippen molar-refractivity contribution in [1.82, 2.24) is 0 Å². The van der Waals surface area contributed by atoms with E-state index in [0.29, 0.717) is 18.6 Å². The minimum atomic E-state index is -1.92. The molecule has 3 heterocycles. The van der Waals surface area contributed by atoms with Gasteiger partial charge < -0.3 is 13.9 Å². The maximum absolute atomic E-state index is 10.2. The van der Waals surface area contributed by atoms with Gasteiger partial charge in [0.1, 0.15) is 5.76 Å². The third kappa shape index (κ3) is 1.75. The zero-order valence-electron chi connectivity index (χ0n) is 14.2. The molecule has 1 aromatic rings. The lowest BCUT2D eigenvalue weighted by Crippen LogP contribution is -2.59. The van der Waals surface area contributed by atoms with E-state index in [4.69, 9.17) is 19.3 Å². The van der Waals surface area contributed by atoms with Gasteiger partial charge in [-0.25, -0.2) is 0 Å². The Hall–Kier alpha value is -2.82. The lowest BCUT2D eigenvalue weighted by atomic mass is 9.52. The zero-order chi connectivity index (χ0) is 18.4. The summed E-state index contributed by atoms with van der Waals surface area (Å²) in [5, 5.41) is 38.8. The molecule has 7 heteroatoms. The normalized spacial score (nSPS) is 37.8. The number of ether oxygens (including phenoxy) is 2. The Labute approximate surface area is 151 Å². The van der Waals surface area contributed by atoms with E-state index in [1.54, 1.807) is 12.1 Å². The van der Waals surface area contributed by atoms with Gasteiger partial charge in [0.05, 0.1) is 30.4 Å². The summed E-state index contributed by atoms with van der Waals surface area (Å²) in [6.07, 6.45) is 5.14. The van der Waals surface area contributed by atoms with Crippen molar-refractivity contribution >= 4 is 5.90 Å². The first-order valence-corrected chi connectivity index (χ1v) is 8.83. The van der Waals surface area contributed by atoms with Gasteiger partial charge in [-0.2, -0.15) is 15.8 Å². The molecule has 3 fully saturated rings. The van der Waals surface area contributed by atoms with Gasteiger partial charge in [0, 0.05) is 6.42 Å². The highest BCUT2D eigenvalue weighted by Crippen LogP contribution is 2.68. The Kier molecular flexibility index (Phi) is 3.58. The summed E-state index contributed by atoms with van der Waals surface area (Å²) in [5.74, 6) is -1.73. The molecule has 0 radical (unpaired) electrons. The van der Waals surface area contributed by atoms with Crippen LogP contribution in [0.5, 0.6) is 0 Å². The van der Waals surface area contributed by atoms with E-state index in [9.17, 15) is 15.8 Å². The van der Waals surface area contributed by atoms with Crippen molar-refractivity contribution in [3.63, 3.8) is 0 Å². The van der Waals surface area contributed by atoms with Crippen LogP contribution in [0, 0.1) is 56.2 Å². The van der Waals surface area contributed by atoms with Crippen molar-refractivity contribution in [1.29, 1.82) is 21.2 Å². The molecule has 0 aromatic carbocycles. The standard InChI is InChI=1S/C19H18N4O3/c20-10-17(11-21)15(13-6-5-9-24-13)25-19-8-4-2-1-3-7-14(19)18(17,12-22)16(23)26-19/h5-6,9,14-15,23H,1-4,7-8H2. The Morgan fingerprint density at radius 2 is 1.85 bits per heavy atom. The second-order valence-corrected chi connectivity index (χ2v) is 7.21. The second-order valence-electron chi connectivity index (χ2n) is 7.21. The van der Waals surface area contributed by atoms with E-state index in [1.165, 1.54) is 6.26 Å². The highest BCUT2D eigenvalue weighted by molar-refractivity contribution is 5.89. The van der Waals surface area contributed by atoms with Crippen molar-refractivity contribution in [3.8, 4) is 18.2 Å². The molecular weight excluding hydrogens is 332 g/mol. The van der Waals surface area contributed by atoms with Gasteiger partial charge in [-0.05, 0) is 25.0 Å². The molecule has 1 N–H and O–H groups in total. The Morgan fingerprint density at radius 3 is 2.50 bits per heavy atom. The van der Waals surface area contributed by atoms with Gasteiger partial charge in [-0.15, -0.1) is 0 Å². The van der Waals surface area contributed by atoms with Crippen LogP contribution in [0.15, 0.2) is 22.8 Å². The molecule has 4 atom stereocenters. The fourth-order valence-corrected chi connectivity index (χ4v) is 4.91. The van der Waals surface area contributed by atoms with Crippen molar-refractivity contribution in [3.05, 3.63) is 24.2 Å². The largest absolute Gasteiger partial charge is 0.466 e. The summed E-state index contributed by atoms with van der Waals surface area (Å²) in [5.41, 5.74) is -3.59. The van der Waals surface area contributed by atoms with E-state index in [1.807, 2.05) is 12.1 Å². The van der Waals surface area contributed by atoms with Crippen LogP contribution in [0.3, 0.4) is 0 Å². The summed E-state index contributed by atoms with van der Waals surface area (Å²) in [7, 11) is 0. The van der Waals surface area contributed by atoms with Crippen LogP contribution in [0.1, 0.15) is 50.4 Å². The minimum absolute atomic E-state index is 0.297. The Morgan fingerprint density at radius 1 is 1.08 bits per heavy atom. The molecule has 4 rings (SSSR count). The topological polar surface area (TPSA) is 127 Å². The van der Waals surface area contributed by atoms with Gasteiger partial charge in [-0.3, -0.25) is 5.41 Å². The van der Waals surface area contributed by atoms with Crippen LogP contribution in [0.2, 0.25) is 0 Å². The van der Waals surface area contributed by atoms with Crippen molar-refractivity contribution in [2.24, 2.45) is 16.7 Å². The average molecular weight is 350 g/mol. The van der Waals surface area contributed by atoms with Crippen molar-refractivity contribution in [2.45, 2.75) is 50.4 Å². The number of furan rings is 1. The molecule has 1 aromatic heterocycles. The van der Waals surface area contributed by atoms with Gasteiger partial charge in [0.15, 0.2) is 11.5 Å². The fourth-order valence-electron chi connectivity index (χ4n) is 4.91. The number of nitriles is 3. The van der Waals surface area contributed by atoms with Gasteiger partial charge in [-0.1, -0.05) is 19.3 Å². The lowest BCUT2D eigenvalue weighted by Gasteiger charge is -2.49. The Balaban J connectivity index is 1.99. The first-order valence-electron chi connectivity index (χ1n) is 8.83. The van der Waals surface area contributed by atoms with E-state index in [-0.39, 0.29) is 5.90 Å². The fraction of sp³-hybridized carbons (Fsp3) is 0.579. The number of hydrogen-bond donors (Lipinski definition) is 1. The number of hydrogen-bond acceptors (Lipinski definition) is 7. The molecule has 3 aliphatic rings. The average Bonchev–Trinajstić information content (AvgIpc) is 3.21. The smallest absolute Gasteiger partial charge is 0.217 e. The quantitative estimate of drug-likeness (QED) is 0.825. The third-order valence-corrected chi connectivity index (χ3v) is 6.12. The second kappa shape index (κ2) is 5.59. The first kappa shape index (κ1) is 16.6. The maximum Gasteiger partial charge on any atom is 0.217 e. The molecular formula is C19H18N4O3. The summed E-state index contributed by atoms with van der Waals surface area (Å²) in [6, 6.07) is 9.51. The lowest BCUT2D eigenvalue weighted by molar-refractivity contribution is -0.292. The molecule has 26 heavy (non-hydrogen) atoms. The van der Waals surface area contributed by atoms with Crippen LogP contribution >= 0.6 is 0 Å². The van der Waals surface area contributed by atoms with Gasteiger partial charge in [0.2, 0.25) is 17.1 Å². The van der Waals surface area contributed by atoms with Crippen molar-refractivity contribution in [2.75, 3.05) is 0 Å². The predicted octanol–water partition coefficient (Wildman–Crippen LogP) is 3.57. The summed E-state index contributed by atoms with van der Waals surface area (Å²) in [4.78, 5) is 0. The number of nitrogens with one attached hydrogen (secondary N) is 1. The van der Waals surface area contributed by atoms with Crippen LogP contribution < -0.4 is 0 Å². The molecule has 1 aliphatic carbocycles. The van der Waals surface area contributed by atoms with E-state index in [2.05, 4.69) is 6.07 Å². The first-order chi connectivity index (χ1) is 12.6. The van der Waals surface area contributed by atoms with Crippen LogP contribution in [0.4, 0.5) is 0 Å². The molecule has 2 bridgehead atoms. The maximum atomic E-state index is 10.2. The van der Waals surface area contributed by atoms with Crippen LogP contribution in [-0.2, 0) is 9.47 Å². The zero-order valence-corrected chi connectivity index (χ0v) is 14.2. The summed E-state index contributed by atoms with van der Waals surface area (Å²) >= 11 is 0. The summed E-state index contributed by atoms with van der Waals surface area (Å²) in [6.45, 7) is 0. The van der Waals surface area contributed by atoms with Crippen LogP contribution in [0.25, 0.3) is 0 Å². The molecule has 0 spiro atoms. The van der Waals surface area contributed by atoms with Gasteiger partial charge in [0.25, 0.3) is 0 Å². The number of nitrogens with zero attached hydrogens (tertiary/aromatic N) is 3. The van der Waals surface area contributed by atoms with E-state index in [0.717, 1.165) is 25.7 Å². The Bertz CT molecular complexity index is 845. The van der Waals surface area contributed by atoms with Gasteiger partial charge >= 0.3 is 0 Å². The van der Waals surface area contributed by atoms with E-state index >= 15 is 0 Å². The molecule has 2 aliphatic heterocycles.